The van der Waals surface area contributed by atoms with Crippen LogP contribution in [0.25, 0.3) is 0 Å². The highest BCUT2D eigenvalue weighted by Crippen LogP contribution is 2.12. The number of benzene rings is 1. The van der Waals surface area contributed by atoms with Crippen LogP contribution < -0.4 is 15.4 Å². The molecule has 0 saturated carbocycles. The Morgan fingerprint density at radius 1 is 1.07 bits per heavy atom. The van der Waals surface area contributed by atoms with Gasteiger partial charge in [0.05, 0.1) is 7.11 Å². The number of hydrogen-bond acceptors (Lipinski definition) is 5. The summed E-state index contributed by atoms with van der Waals surface area (Å²) in [6.45, 7) is 1.94. The van der Waals surface area contributed by atoms with Gasteiger partial charge in [0, 0.05) is 24.8 Å². The molecule has 7 nitrogen and oxygen atoms in total. The number of hydrogen-bond donors (Lipinski definition) is 2. The van der Waals surface area contributed by atoms with Gasteiger partial charge in [-0.05, 0) is 63.3 Å². The van der Waals surface area contributed by atoms with E-state index in [0.717, 1.165) is 24.3 Å². The van der Waals surface area contributed by atoms with Crippen LogP contribution in [0, 0.1) is 0 Å². The van der Waals surface area contributed by atoms with Gasteiger partial charge < -0.3 is 20.3 Å². The molecule has 2 amide bonds. The zero-order valence-corrected chi connectivity index (χ0v) is 16.7. The third-order valence-corrected chi connectivity index (χ3v) is 4.16. The first-order valence-corrected chi connectivity index (χ1v) is 9.29. The minimum absolute atomic E-state index is 0.230. The lowest BCUT2D eigenvalue weighted by atomic mass is 10.1. The number of aromatic nitrogens is 1. The Balaban J connectivity index is 1.84. The first-order chi connectivity index (χ1) is 13.5. The average Bonchev–Trinajstić information content (AvgIpc) is 2.71. The first kappa shape index (κ1) is 21.4. The number of methoxy groups -OCH3 is 1. The summed E-state index contributed by atoms with van der Waals surface area (Å²) in [7, 11) is 5.60. The van der Waals surface area contributed by atoms with E-state index in [1.54, 1.807) is 13.2 Å². The number of nitrogens with one attached hydrogen (secondary N) is 2. The molecule has 2 rings (SSSR count). The minimum atomic E-state index is -0.273. The maximum absolute atomic E-state index is 12.4. The molecule has 0 aliphatic carbocycles. The third-order valence-electron chi connectivity index (χ3n) is 4.16. The van der Waals surface area contributed by atoms with E-state index < -0.39 is 0 Å². The van der Waals surface area contributed by atoms with Crippen molar-refractivity contribution in [1.82, 2.24) is 20.5 Å². The maximum Gasteiger partial charge on any atom is 0.269 e. The fourth-order valence-corrected chi connectivity index (χ4v) is 2.63. The van der Waals surface area contributed by atoms with Gasteiger partial charge in [-0.2, -0.15) is 0 Å². The summed E-state index contributed by atoms with van der Waals surface area (Å²) in [5.74, 6) is 0.288. The van der Waals surface area contributed by atoms with Crippen molar-refractivity contribution in [1.29, 1.82) is 0 Å². The number of pyridine rings is 1. The van der Waals surface area contributed by atoms with E-state index in [-0.39, 0.29) is 17.5 Å². The zero-order valence-electron chi connectivity index (χ0n) is 16.7. The molecule has 1 aromatic carbocycles. The topological polar surface area (TPSA) is 83.6 Å². The van der Waals surface area contributed by atoms with Gasteiger partial charge in [-0.15, -0.1) is 0 Å². The van der Waals surface area contributed by atoms with Crippen molar-refractivity contribution in [2.75, 3.05) is 40.8 Å². The summed E-state index contributed by atoms with van der Waals surface area (Å²) in [6, 6.07) is 10.8. The molecule has 2 N–H and O–H groups in total. The average molecular weight is 384 g/mol. The van der Waals surface area contributed by atoms with Crippen LogP contribution in [0.15, 0.2) is 42.6 Å². The van der Waals surface area contributed by atoms with Crippen LogP contribution in [0.4, 0.5) is 0 Å². The monoisotopic (exact) mass is 384 g/mol. The normalized spacial score (nSPS) is 10.6. The van der Waals surface area contributed by atoms with Crippen LogP contribution in [0.1, 0.15) is 32.8 Å². The molecule has 28 heavy (non-hydrogen) atoms. The standard InChI is InChI=1S/C21H28N4O3/c1-25(2)13-5-10-23-21(27)19-15-17(9-12-22-19)20(26)24-11-8-16-6-4-7-18(14-16)28-3/h4,6-7,9,12,14-15H,5,8,10-11,13H2,1-3H3,(H,23,27)(H,24,26). The summed E-state index contributed by atoms with van der Waals surface area (Å²) < 4.78 is 5.20. The second kappa shape index (κ2) is 11.0. The van der Waals surface area contributed by atoms with E-state index >= 15 is 0 Å². The van der Waals surface area contributed by atoms with E-state index in [1.807, 2.05) is 38.4 Å². The van der Waals surface area contributed by atoms with Crippen molar-refractivity contribution in [2.24, 2.45) is 0 Å². The summed E-state index contributed by atoms with van der Waals surface area (Å²) in [5, 5.41) is 5.70. The number of nitrogens with zero attached hydrogens (tertiary/aromatic N) is 2. The molecule has 150 valence electrons. The zero-order chi connectivity index (χ0) is 20.4. The molecule has 0 aliphatic rings. The molecule has 0 fully saturated rings. The van der Waals surface area contributed by atoms with Crippen molar-refractivity contribution in [3.63, 3.8) is 0 Å². The van der Waals surface area contributed by atoms with Gasteiger partial charge in [0.25, 0.3) is 11.8 Å². The molecule has 7 heteroatoms. The van der Waals surface area contributed by atoms with Crippen LogP contribution in [0.3, 0.4) is 0 Å². The second-order valence-electron chi connectivity index (χ2n) is 6.70. The van der Waals surface area contributed by atoms with Gasteiger partial charge in [0.1, 0.15) is 11.4 Å². The van der Waals surface area contributed by atoms with E-state index in [4.69, 9.17) is 4.74 Å². The van der Waals surface area contributed by atoms with Crippen LogP contribution >= 0.6 is 0 Å². The van der Waals surface area contributed by atoms with Gasteiger partial charge in [-0.1, -0.05) is 12.1 Å². The highest BCUT2D eigenvalue weighted by atomic mass is 16.5. The van der Waals surface area contributed by atoms with Crippen LogP contribution in [-0.2, 0) is 6.42 Å². The molecular weight excluding hydrogens is 356 g/mol. The van der Waals surface area contributed by atoms with E-state index in [1.165, 1.54) is 12.3 Å². The second-order valence-corrected chi connectivity index (χ2v) is 6.70. The largest absolute Gasteiger partial charge is 0.497 e. The molecule has 2 aromatic rings. The first-order valence-electron chi connectivity index (χ1n) is 9.29. The Morgan fingerprint density at radius 2 is 1.86 bits per heavy atom. The number of rotatable bonds is 10. The van der Waals surface area contributed by atoms with Gasteiger partial charge in [0.15, 0.2) is 0 Å². The summed E-state index contributed by atoms with van der Waals surface area (Å²) >= 11 is 0. The summed E-state index contributed by atoms with van der Waals surface area (Å²) in [5.41, 5.74) is 1.73. The van der Waals surface area contributed by atoms with Crippen LogP contribution in [-0.4, -0.2) is 62.5 Å². The number of carbonyl (C=O) groups excluding carboxylic acids is 2. The lowest BCUT2D eigenvalue weighted by Crippen LogP contribution is -2.29. The SMILES string of the molecule is COc1cccc(CCNC(=O)c2ccnc(C(=O)NCCCN(C)C)c2)c1. The molecule has 0 radical (unpaired) electrons. The van der Waals surface area contributed by atoms with Crippen molar-refractivity contribution >= 4 is 11.8 Å². The molecule has 0 atom stereocenters. The number of ether oxygens (including phenoxy) is 1. The predicted molar refractivity (Wildman–Crippen MR) is 109 cm³/mol. The van der Waals surface area contributed by atoms with Crippen LogP contribution in [0.2, 0.25) is 0 Å². The Hall–Kier alpha value is -2.93. The van der Waals surface area contributed by atoms with Crippen molar-refractivity contribution < 1.29 is 14.3 Å². The summed E-state index contributed by atoms with van der Waals surface area (Å²) in [4.78, 5) is 30.7. The predicted octanol–water partition coefficient (Wildman–Crippen LogP) is 1.74. The molecule has 0 bridgehead atoms. The highest BCUT2D eigenvalue weighted by molar-refractivity contribution is 5.98. The molecule has 0 spiro atoms. The van der Waals surface area contributed by atoms with Gasteiger partial charge in [-0.3, -0.25) is 14.6 Å². The lowest BCUT2D eigenvalue weighted by molar-refractivity contribution is 0.0947. The minimum Gasteiger partial charge on any atom is -0.497 e. The smallest absolute Gasteiger partial charge is 0.269 e. The Labute approximate surface area is 166 Å². The molecule has 1 aromatic heterocycles. The van der Waals surface area contributed by atoms with Gasteiger partial charge in [0.2, 0.25) is 0 Å². The number of carbonyl (C=O) groups is 2. The Bertz CT molecular complexity index is 793. The molecule has 1 heterocycles. The van der Waals surface area contributed by atoms with Crippen LogP contribution in [0.5, 0.6) is 5.75 Å². The molecule has 0 aliphatic heterocycles. The molecule has 0 saturated heterocycles. The molecular formula is C21H28N4O3. The third kappa shape index (κ3) is 7.00. The van der Waals surface area contributed by atoms with Crippen molar-refractivity contribution in [3.05, 3.63) is 59.4 Å². The lowest BCUT2D eigenvalue weighted by Gasteiger charge is -2.10. The van der Waals surface area contributed by atoms with E-state index in [9.17, 15) is 9.59 Å². The van der Waals surface area contributed by atoms with Crippen molar-refractivity contribution in [3.8, 4) is 5.75 Å². The van der Waals surface area contributed by atoms with Crippen molar-refractivity contribution in [2.45, 2.75) is 12.8 Å². The Kier molecular flexibility index (Phi) is 8.42. The molecule has 0 unspecified atom stereocenters. The fraction of sp³-hybridized carbons (Fsp3) is 0.381. The van der Waals surface area contributed by atoms with Gasteiger partial charge in [-0.25, -0.2) is 0 Å². The van der Waals surface area contributed by atoms with E-state index in [0.29, 0.717) is 25.1 Å². The Morgan fingerprint density at radius 3 is 2.61 bits per heavy atom. The maximum atomic E-state index is 12.4. The highest BCUT2D eigenvalue weighted by Gasteiger charge is 2.11. The quantitative estimate of drug-likeness (QED) is 0.610. The number of amides is 2. The van der Waals surface area contributed by atoms with Gasteiger partial charge >= 0.3 is 0 Å². The summed E-state index contributed by atoms with van der Waals surface area (Å²) in [6.07, 6.45) is 3.02. The fourth-order valence-electron chi connectivity index (χ4n) is 2.63. The van der Waals surface area contributed by atoms with E-state index in [2.05, 4.69) is 20.5 Å².